The molecular weight excluding hydrogens is 323 g/mol. The summed E-state index contributed by atoms with van der Waals surface area (Å²) in [4.78, 5) is 0. The first-order valence-electron chi connectivity index (χ1n) is 6.95. The highest BCUT2D eigenvalue weighted by molar-refractivity contribution is 5.32. The zero-order valence-electron chi connectivity index (χ0n) is 12.3. The van der Waals surface area contributed by atoms with Gasteiger partial charge in [-0.2, -0.15) is 0 Å². The maximum atomic E-state index is 12.1. The summed E-state index contributed by atoms with van der Waals surface area (Å²) < 4.78 is 47.1. The van der Waals surface area contributed by atoms with Gasteiger partial charge in [0.15, 0.2) is 0 Å². The lowest BCUT2D eigenvalue weighted by molar-refractivity contribution is -0.274. The largest absolute Gasteiger partial charge is 0.573 e. The second-order valence-corrected chi connectivity index (χ2v) is 4.80. The van der Waals surface area contributed by atoms with Crippen molar-refractivity contribution in [2.45, 2.75) is 13.0 Å². The molecule has 0 radical (unpaired) electrons. The van der Waals surface area contributed by atoms with E-state index in [1.54, 1.807) is 10.9 Å². The van der Waals surface area contributed by atoms with Gasteiger partial charge < -0.3 is 9.47 Å². The Hall–Kier alpha value is -3.03. The van der Waals surface area contributed by atoms with Crippen LogP contribution in [0.4, 0.5) is 13.2 Å². The zero-order chi connectivity index (χ0) is 17.0. The van der Waals surface area contributed by atoms with Gasteiger partial charge in [-0.25, -0.2) is 4.68 Å². The Kier molecular flexibility index (Phi) is 4.37. The molecule has 0 saturated heterocycles. The van der Waals surface area contributed by atoms with Crippen LogP contribution in [-0.2, 0) is 6.61 Å². The maximum absolute atomic E-state index is 12.1. The standard InChI is InChI=1S/C16H12F3N3O2/c17-16(18,19)24-15-8-6-14(7-9-15)23-11-12-10-22(21-20-12)13-4-2-1-3-5-13/h1-10H,11H2. The smallest absolute Gasteiger partial charge is 0.487 e. The summed E-state index contributed by atoms with van der Waals surface area (Å²) in [5.41, 5.74) is 1.46. The van der Waals surface area contributed by atoms with Crippen LogP contribution in [0.5, 0.6) is 11.5 Å². The molecule has 0 aliphatic carbocycles. The highest BCUT2D eigenvalue weighted by Crippen LogP contribution is 2.25. The van der Waals surface area contributed by atoms with Crippen LogP contribution >= 0.6 is 0 Å². The van der Waals surface area contributed by atoms with Crippen molar-refractivity contribution >= 4 is 0 Å². The van der Waals surface area contributed by atoms with E-state index in [9.17, 15) is 13.2 Å². The van der Waals surface area contributed by atoms with E-state index in [2.05, 4.69) is 15.0 Å². The van der Waals surface area contributed by atoms with Gasteiger partial charge >= 0.3 is 6.36 Å². The minimum absolute atomic E-state index is 0.145. The lowest BCUT2D eigenvalue weighted by Crippen LogP contribution is -2.16. The van der Waals surface area contributed by atoms with Gasteiger partial charge in [-0.1, -0.05) is 23.4 Å². The van der Waals surface area contributed by atoms with Gasteiger partial charge in [-0.15, -0.1) is 18.3 Å². The Bertz CT molecular complexity index is 786. The highest BCUT2D eigenvalue weighted by atomic mass is 19.4. The molecule has 0 saturated carbocycles. The van der Waals surface area contributed by atoms with Crippen molar-refractivity contribution in [2.24, 2.45) is 0 Å². The van der Waals surface area contributed by atoms with Crippen molar-refractivity contribution in [3.8, 4) is 17.2 Å². The summed E-state index contributed by atoms with van der Waals surface area (Å²) in [6.45, 7) is 0.145. The molecule has 24 heavy (non-hydrogen) atoms. The molecule has 3 aromatic rings. The predicted molar refractivity (Wildman–Crippen MR) is 78.8 cm³/mol. The Morgan fingerprint density at radius 1 is 0.917 bits per heavy atom. The maximum Gasteiger partial charge on any atom is 0.573 e. The fourth-order valence-corrected chi connectivity index (χ4v) is 1.97. The van der Waals surface area contributed by atoms with Crippen molar-refractivity contribution in [1.82, 2.24) is 15.0 Å². The third-order valence-corrected chi connectivity index (χ3v) is 3.01. The minimum atomic E-state index is -4.71. The molecule has 0 fully saturated rings. The van der Waals surface area contributed by atoms with Crippen LogP contribution in [0.15, 0.2) is 60.8 Å². The van der Waals surface area contributed by atoms with Crippen LogP contribution in [0.25, 0.3) is 5.69 Å². The topological polar surface area (TPSA) is 49.2 Å². The lowest BCUT2D eigenvalue weighted by Gasteiger charge is -2.09. The van der Waals surface area contributed by atoms with Gasteiger partial charge in [0.2, 0.25) is 0 Å². The first-order valence-corrected chi connectivity index (χ1v) is 6.95. The van der Waals surface area contributed by atoms with E-state index in [-0.39, 0.29) is 12.4 Å². The van der Waals surface area contributed by atoms with Crippen LogP contribution in [-0.4, -0.2) is 21.4 Å². The van der Waals surface area contributed by atoms with Crippen LogP contribution in [0.1, 0.15) is 5.69 Å². The van der Waals surface area contributed by atoms with Gasteiger partial charge in [0.1, 0.15) is 23.8 Å². The number of hydrogen-bond donors (Lipinski definition) is 0. The number of benzene rings is 2. The second-order valence-electron chi connectivity index (χ2n) is 4.80. The molecule has 3 rings (SSSR count). The van der Waals surface area contributed by atoms with E-state index in [4.69, 9.17) is 4.74 Å². The Morgan fingerprint density at radius 2 is 1.58 bits per heavy atom. The summed E-state index contributed by atoms with van der Waals surface area (Å²) in [5.74, 6) is 0.101. The fourth-order valence-electron chi connectivity index (χ4n) is 1.97. The molecule has 0 atom stereocenters. The molecule has 0 amide bonds. The summed E-state index contributed by atoms with van der Waals surface area (Å²) in [7, 11) is 0. The number of rotatable bonds is 5. The van der Waals surface area contributed by atoms with Gasteiger partial charge in [-0.05, 0) is 36.4 Å². The van der Waals surface area contributed by atoms with Crippen molar-refractivity contribution in [3.05, 3.63) is 66.5 Å². The van der Waals surface area contributed by atoms with Crippen molar-refractivity contribution in [2.75, 3.05) is 0 Å². The lowest BCUT2D eigenvalue weighted by atomic mass is 10.3. The van der Waals surface area contributed by atoms with Crippen LogP contribution < -0.4 is 9.47 Å². The van der Waals surface area contributed by atoms with E-state index in [0.717, 1.165) is 5.69 Å². The van der Waals surface area contributed by atoms with Crippen LogP contribution in [0, 0.1) is 0 Å². The minimum Gasteiger partial charge on any atom is -0.487 e. The quantitative estimate of drug-likeness (QED) is 0.713. The number of ether oxygens (including phenoxy) is 2. The first kappa shape index (κ1) is 15.9. The number of para-hydroxylation sites is 1. The van der Waals surface area contributed by atoms with E-state index >= 15 is 0 Å². The van der Waals surface area contributed by atoms with Gasteiger partial charge in [-0.3, -0.25) is 0 Å². The number of alkyl halides is 3. The third kappa shape index (κ3) is 4.25. The molecule has 1 aromatic heterocycles. The summed E-state index contributed by atoms with van der Waals surface area (Å²) in [6, 6.07) is 14.6. The van der Waals surface area contributed by atoms with E-state index in [0.29, 0.717) is 11.4 Å². The van der Waals surface area contributed by atoms with Gasteiger partial charge in [0, 0.05) is 0 Å². The van der Waals surface area contributed by atoms with Crippen LogP contribution in [0.3, 0.4) is 0 Å². The average molecular weight is 335 g/mol. The molecule has 0 bridgehead atoms. The van der Waals surface area contributed by atoms with Gasteiger partial charge in [0.05, 0.1) is 11.9 Å². The molecule has 0 spiro atoms. The fraction of sp³-hybridized carbons (Fsp3) is 0.125. The Labute approximate surface area is 135 Å². The zero-order valence-corrected chi connectivity index (χ0v) is 12.3. The molecule has 8 heteroatoms. The number of nitrogens with zero attached hydrogens (tertiary/aromatic N) is 3. The summed E-state index contributed by atoms with van der Waals surface area (Å²) in [5, 5.41) is 7.98. The second kappa shape index (κ2) is 6.61. The number of aromatic nitrogens is 3. The van der Waals surface area contributed by atoms with Crippen LogP contribution in [0.2, 0.25) is 0 Å². The molecular formula is C16H12F3N3O2. The number of hydrogen-bond acceptors (Lipinski definition) is 4. The van der Waals surface area contributed by atoms with Crippen molar-refractivity contribution in [3.63, 3.8) is 0 Å². The molecule has 2 aromatic carbocycles. The highest BCUT2D eigenvalue weighted by Gasteiger charge is 2.30. The molecule has 5 nitrogen and oxygen atoms in total. The van der Waals surface area contributed by atoms with Crippen molar-refractivity contribution in [1.29, 1.82) is 0 Å². The normalized spacial score (nSPS) is 11.3. The number of halogens is 3. The van der Waals surface area contributed by atoms with E-state index in [1.165, 1.54) is 24.3 Å². The third-order valence-electron chi connectivity index (χ3n) is 3.01. The van der Waals surface area contributed by atoms with Gasteiger partial charge in [0.25, 0.3) is 0 Å². The SMILES string of the molecule is FC(F)(F)Oc1ccc(OCc2cn(-c3ccccc3)nn2)cc1. The Morgan fingerprint density at radius 3 is 2.25 bits per heavy atom. The summed E-state index contributed by atoms with van der Waals surface area (Å²) >= 11 is 0. The molecule has 124 valence electrons. The molecule has 0 unspecified atom stereocenters. The Balaban J connectivity index is 1.59. The van der Waals surface area contributed by atoms with E-state index < -0.39 is 6.36 Å². The molecule has 0 aliphatic rings. The monoisotopic (exact) mass is 335 g/mol. The molecule has 0 N–H and O–H groups in total. The van der Waals surface area contributed by atoms with E-state index in [1.807, 2.05) is 30.3 Å². The predicted octanol–water partition coefficient (Wildman–Crippen LogP) is 3.74. The molecule has 0 aliphatic heterocycles. The average Bonchev–Trinajstić information content (AvgIpc) is 3.03. The van der Waals surface area contributed by atoms with Crippen molar-refractivity contribution < 1.29 is 22.6 Å². The summed E-state index contributed by atoms with van der Waals surface area (Å²) in [6.07, 6.45) is -2.99. The first-order chi connectivity index (χ1) is 11.5. The molecule has 1 heterocycles.